The molecule has 0 atom stereocenters. The molecule has 3 aromatic rings. The Labute approximate surface area is 190 Å². The number of hydrogen-bond donors (Lipinski definition) is 0. The third-order valence-corrected chi connectivity index (χ3v) is 5.44. The number of fused-ring (bicyclic) bond motifs is 1. The molecule has 0 radical (unpaired) electrons. The second kappa shape index (κ2) is 8.86. The van der Waals surface area contributed by atoms with E-state index < -0.39 is 6.36 Å². The Hall–Kier alpha value is -3.39. The Morgan fingerprint density at radius 3 is 2.42 bits per heavy atom. The lowest BCUT2D eigenvalue weighted by atomic mass is 9.96. The maximum Gasteiger partial charge on any atom is 0.573 e. The first kappa shape index (κ1) is 22.8. The number of aromatic nitrogens is 1. The van der Waals surface area contributed by atoms with Gasteiger partial charge in [-0.2, -0.15) is 0 Å². The number of alkyl halides is 3. The summed E-state index contributed by atoms with van der Waals surface area (Å²) in [4.78, 5) is 21.2. The first-order valence-corrected chi connectivity index (χ1v) is 10.5. The third kappa shape index (κ3) is 5.34. The molecule has 1 aromatic heterocycles. The number of amides is 1. The number of carbonyl (C=O) groups excluding carboxylic acids is 1. The van der Waals surface area contributed by atoms with Crippen LogP contribution in [0.1, 0.15) is 32.6 Å². The molecule has 33 heavy (non-hydrogen) atoms. The second-order valence-electron chi connectivity index (χ2n) is 8.50. The average Bonchev–Trinajstić information content (AvgIpc) is 3.04. The van der Waals surface area contributed by atoms with Gasteiger partial charge in [0.25, 0.3) is 5.91 Å². The largest absolute Gasteiger partial charge is 0.573 e. The molecular weight excluding hydrogens is 431 g/mol. The number of pyridine rings is 1. The highest BCUT2D eigenvalue weighted by Crippen LogP contribution is 2.33. The quantitative estimate of drug-likeness (QED) is 0.514. The summed E-state index contributed by atoms with van der Waals surface area (Å²) < 4.78 is 41.0. The number of aryl methyl sites for hydroxylation is 1. The molecule has 5 nitrogen and oxygen atoms in total. The predicted octanol–water partition coefficient (Wildman–Crippen LogP) is 5.17. The minimum absolute atomic E-state index is 0.0795. The van der Waals surface area contributed by atoms with E-state index in [1.165, 1.54) is 24.3 Å². The highest BCUT2D eigenvalue weighted by molar-refractivity contribution is 6.00. The fourth-order valence-electron chi connectivity index (χ4n) is 4.13. The minimum atomic E-state index is -4.73. The summed E-state index contributed by atoms with van der Waals surface area (Å²) in [5, 5.41) is 0. The van der Waals surface area contributed by atoms with Gasteiger partial charge in [0.1, 0.15) is 5.75 Å². The van der Waals surface area contributed by atoms with Gasteiger partial charge in [0.2, 0.25) is 0 Å². The topological polar surface area (TPSA) is 45.7 Å². The zero-order valence-corrected chi connectivity index (χ0v) is 18.6. The smallest absolute Gasteiger partial charge is 0.406 e. The molecule has 0 aliphatic carbocycles. The Balaban J connectivity index is 1.53. The molecule has 0 saturated heterocycles. The van der Waals surface area contributed by atoms with Gasteiger partial charge in [-0.1, -0.05) is 18.2 Å². The fraction of sp³-hybridized carbons (Fsp3) is 0.280. The average molecular weight is 455 g/mol. The molecule has 172 valence electrons. The van der Waals surface area contributed by atoms with Gasteiger partial charge in [-0.15, -0.1) is 13.2 Å². The molecule has 1 amide bonds. The van der Waals surface area contributed by atoms with Gasteiger partial charge in [0.05, 0.1) is 0 Å². The summed E-state index contributed by atoms with van der Waals surface area (Å²) in [6.45, 7) is 3.44. The van der Waals surface area contributed by atoms with E-state index in [1.54, 1.807) is 4.90 Å². The molecule has 2 aromatic carbocycles. The van der Waals surface area contributed by atoms with Gasteiger partial charge in [-0.25, -0.2) is 0 Å². The summed E-state index contributed by atoms with van der Waals surface area (Å²) >= 11 is 0. The van der Waals surface area contributed by atoms with Crippen LogP contribution in [-0.2, 0) is 19.6 Å². The van der Waals surface area contributed by atoms with Crippen molar-refractivity contribution in [2.45, 2.75) is 32.9 Å². The van der Waals surface area contributed by atoms with E-state index in [2.05, 4.69) is 20.7 Å². The zero-order valence-electron chi connectivity index (χ0n) is 18.6. The summed E-state index contributed by atoms with van der Waals surface area (Å²) in [7, 11) is 4.01. The lowest BCUT2D eigenvalue weighted by Gasteiger charge is -2.16. The van der Waals surface area contributed by atoms with E-state index in [0.29, 0.717) is 18.7 Å². The molecule has 0 spiro atoms. The summed E-state index contributed by atoms with van der Waals surface area (Å²) in [6, 6.07) is 11.7. The minimum Gasteiger partial charge on any atom is -0.406 e. The highest BCUT2D eigenvalue weighted by Gasteiger charge is 2.32. The van der Waals surface area contributed by atoms with E-state index in [0.717, 1.165) is 39.9 Å². The van der Waals surface area contributed by atoms with Crippen LogP contribution in [0.3, 0.4) is 0 Å². The van der Waals surface area contributed by atoms with Gasteiger partial charge < -0.3 is 14.5 Å². The van der Waals surface area contributed by atoms with E-state index in [-0.39, 0.29) is 11.7 Å². The molecule has 8 heteroatoms. The summed E-state index contributed by atoms with van der Waals surface area (Å²) in [6.07, 6.45) is -1.07. The fourth-order valence-corrected chi connectivity index (χ4v) is 4.13. The number of hydrogen-bond acceptors (Lipinski definition) is 4. The Morgan fingerprint density at radius 1 is 1.03 bits per heavy atom. The number of nitrogens with zero attached hydrogens (tertiary/aromatic N) is 3. The van der Waals surface area contributed by atoms with Crippen molar-refractivity contribution in [1.82, 2.24) is 14.8 Å². The number of benzene rings is 2. The molecule has 0 saturated carbocycles. The van der Waals surface area contributed by atoms with Crippen LogP contribution >= 0.6 is 0 Å². The SMILES string of the molecule is Cc1cc(-c2cncc(CN(C)C)c2)cc2c1C(=O)N(Cc1ccc(OC(F)(F)F)cc1)C2. The van der Waals surface area contributed by atoms with Crippen LogP contribution in [0.2, 0.25) is 0 Å². The molecule has 2 heterocycles. The number of rotatable bonds is 6. The van der Waals surface area contributed by atoms with Crippen LogP contribution in [0.4, 0.5) is 13.2 Å². The molecule has 0 fully saturated rings. The van der Waals surface area contributed by atoms with Crippen LogP contribution in [0.15, 0.2) is 54.9 Å². The van der Waals surface area contributed by atoms with Crippen LogP contribution in [0, 0.1) is 6.92 Å². The van der Waals surface area contributed by atoms with E-state index in [4.69, 9.17) is 0 Å². The van der Waals surface area contributed by atoms with E-state index >= 15 is 0 Å². The van der Waals surface area contributed by atoms with Crippen LogP contribution in [0.25, 0.3) is 11.1 Å². The van der Waals surface area contributed by atoms with Crippen LogP contribution in [0.5, 0.6) is 5.75 Å². The first-order chi connectivity index (χ1) is 15.6. The van der Waals surface area contributed by atoms with Crippen molar-refractivity contribution < 1.29 is 22.7 Å². The predicted molar refractivity (Wildman–Crippen MR) is 119 cm³/mol. The van der Waals surface area contributed by atoms with Crippen molar-refractivity contribution in [2.75, 3.05) is 14.1 Å². The lowest BCUT2D eigenvalue weighted by Crippen LogP contribution is -2.23. The molecular formula is C25H24F3N3O2. The second-order valence-corrected chi connectivity index (χ2v) is 8.50. The van der Waals surface area contributed by atoms with Gasteiger partial charge in [-0.05, 0) is 73.1 Å². The maximum atomic E-state index is 13.0. The normalized spacial score (nSPS) is 13.5. The van der Waals surface area contributed by atoms with Crippen molar-refractivity contribution in [3.05, 3.63) is 82.7 Å². The Kier molecular flexibility index (Phi) is 6.12. The van der Waals surface area contributed by atoms with Crippen molar-refractivity contribution in [1.29, 1.82) is 0 Å². The molecule has 4 rings (SSSR count). The van der Waals surface area contributed by atoms with Crippen LogP contribution in [-0.4, -0.2) is 41.1 Å². The third-order valence-electron chi connectivity index (χ3n) is 5.44. The van der Waals surface area contributed by atoms with Crippen molar-refractivity contribution >= 4 is 5.91 Å². The van der Waals surface area contributed by atoms with Gasteiger partial charge in [0, 0.05) is 43.2 Å². The maximum absolute atomic E-state index is 13.0. The molecule has 0 unspecified atom stereocenters. The van der Waals surface area contributed by atoms with E-state index in [1.807, 2.05) is 45.5 Å². The molecule has 0 N–H and O–H groups in total. The van der Waals surface area contributed by atoms with Gasteiger partial charge >= 0.3 is 6.36 Å². The number of carbonyl (C=O) groups is 1. The monoisotopic (exact) mass is 455 g/mol. The Morgan fingerprint density at radius 2 is 1.76 bits per heavy atom. The number of ether oxygens (including phenoxy) is 1. The van der Waals surface area contributed by atoms with Crippen molar-refractivity contribution in [3.63, 3.8) is 0 Å². The number of halogens is 3. The summed E-state index contributed by atoms with van der Waals surface area (Å²) in [5.41, 5.74) is 6.34. The van der Waals surface area contributed by atoms with E-state index in [9.17, 15) is 18.0 Å². The zero-order chi connectivity index (χ0) is 23.8. The van der Waals surface area contributed by atoms with Crippen LogP contribution < -0.4 is 4.74 Å². The first-order valence-electron chi connectivity index (χ1n) is 10.5. The highest BCUT2D eigenvalue weighted by atomic mass is 19.4. The van der Waals surface area contributed by atoms with Crippen molar-refractivity contribution in [3.8, 4) is 16.9 Å². The molecule has 1 aliphatic rings. The Bertz CT molecular complexity index is 1170. The van der Waals surface area contributed by atoms with Crippen molar-refractivity contribution in [2.24, 2.45) is 0 Å². The lowest BCUT2D eigenvalue weighted by molar-refractivity contribution is -0.274. The standard InChI is InChI=1S/C25H24F3N3O2/c1-16-8-19(20-9-18(11-29-12-20)13-30(2)3)10-21-15-31(24(32)23(16)21)14-17-4-6-22(7-5-17)33-25(26,27)28/h4-12H,13-15H2,1-3H3. The van der Waals surface area contributed by atoms with Gasteiger partial charge in [-0.3, -0.25) is 9.78 Å². The summed E-state index contributed by atoms with van der Waals surface area (Å²) in [5.74, 6) is -0.364. The van der Waals surface area contributed by atoms with Gasteiger partial charge in [0.15, 0.2) is 0 Å². The molecule has 1 aliphatic heterocycles. The molecule has 0 bridgehead atoms.